The third-order valence-corrected chi connectivity index (χ3v) is 2.19. The van der Waals surface area contributed by atoms with E-state index in [1.54, 1.807) is 0 Å². The lowest BCUT2D eigenvalue weighted by Gasteiger charge is -2.13. The predicted octanol–water partition coefficient (Wildman–Crippen LogP) is 2.46. The van der Waals surface area contributed by atoms with Gasteiger partial charge in [-0.15, -0.1) is 0 Å². The Hall–Kier alpha value is -1.35. The molecule has 3 nitrogen and oxygen atoms in total. The molecule has 3 heteroatoms. The summed E-state index contributed by atoms with van der Waals surface area (Å²) < 4.78 is 5.51. The Morgan fingerprint density at radius 3 is 2.60 bits per heavy atom. The summed E-state index contributed by atoms with van der Waals surface area (Å²) in [5.41, 5.74) is 1.07. The Kier molecular flexibility index (Phi) is 4.84. The fourth-order valence-electron chi connectivity index (χ4n) is 1.30. The monoisotopic (exact) mass is 208 g/mol. The number of carbonyl (C=O) groups is 1. The van der Waals surface area contributed by atoms with Crippen molar-refractivity contribution in [3.05, 3.63) is 35.9 Å². The Morgan fingerprint density at radius 2 is 2.07 bits per heavy atom. The zero-order valence-electron chi connectivity index (χ0n) is 8.85. The molecule has 0 saturated carbocycles. The molecule has 0 heterocycles. The summed E-state index contributed by atoms with van der Waals surface area (Å²) in [4.78, 5) is 10.5. The van der Waals surface area contributed by atoms with Crippen LogP contribution in [0.4, 0.5) is 0 Å². The first-order valence-electron chi connectivity index (χ1n) is 5.09. The summed E-state index contributed by atoms with van der Waals surface area (Å²) in [7, 11) is 0. The van der Waals surface area contributed by atoms with Gasteiger partial charge >= 0.3 is 5.97 Å². The van der Waals surface area contributed by atoms with Crippen molar-refractivity contribution in [2.45, 2.75) is 32.5 Å². The van der Waals surface area contributed by atoms with Gasteiger partial charge in [-0.2, -0.15) is 0 Å². The van der Waals surface area contributed by atoms with E-state index in [-0.39, 0.29) is 12.5 Å². The molecule has 0 aromatic heterocycles. The van der Waals surface area contributed by atoms with E-state index < -0.39 is 5.97 Å². The molecule has 15 heavy (non-hydrogen) atoms. The molecule has 0 bridgehead atoms. The number of hydrogen-bond donors (Lipinski definition) is 1. The van der Waals surface area contributed by atoms with E-state index in [1.807, 2.05) is 37.3 Å². The average Bonchev–Trinajstić information content (AvgIpc) is 2.25. The number of hydrogen-bond acceptors (Lipinski definition) is 2. The first-order valence-corrected chi connectivity index (χ1v) is 5.09. The summed E-state index contributed by atoms with van der Waals surface area (Å²) >= 11 is 0. The van der Waals surface area contributed by atoms with E-state index in [0.717, 1.165) is 12.0 Å². The van der Waals surface area contributed by atoms with Gasteiger partial charge in [0.15, 0.2) is 0 Å². The minimum atomic E-state index is -0.810. The van der Waals surface area contributed by atoms with Gasteiger partial charge in [0.25, 0.3) is 0 Å². The molecule has 0 amide bonds. The molecule has 0 aliphatic rings. The van der Waals surface area contributed by atoms with Crippen LogP contribution in [0.5, 0.6) is 0 Å². The average molecular weight is 208 g/mol. The highest BCUT2D eigenvalue weighted by Crippen LogP contribution is 2.08. The lowest BCUT2D eigenvalue weighted by atomic mass is 10.2. The van der Waals surface area contributed by atoms with Crippen molar-refractivity contribution < 1.29 is 14.6 Å². The molecule has 0 unspecified atom stereocenters. The minimum absolute atomic E-state index is 0.0728. The molecule has 1 aromatic carbocycles. The number of ether oxygens (including phenoxy) is 1. The van der Waals surface area contributed by atoms with E-state index in [0.29, 0.717) is 6.61 Å². The van der Waals surface area contributed by atoms with Gasteiger partial charge in [-0.1, -0.05) is 37.3 Å². The standard InChI is InChI=1S/C12H16O3/c1-2-11(8-12(13)14)15-9-10-6-4-3-5-7-10/h3-7,11H,2,8-9H2,1H3,(H,13,14)/t11-/m0/s1. The zero-order chi connectivity index (χ0) is 11.1. The summed E-state index contributed by atoms with van der Waals surface area (Å²) in [6.45, 7) is 2.41. The number of aliphatic carboxylic acids is 1. The molecule has 0 spiro atoms. The number of benzene rings is 1. The molecule has 1 atom stereocenters. The summed E-state index contributed by atoms with van der Waals surface area (Å²) in [6, 6.07) is 9.76. The normalized spacial score (nSPS) is 12.3. The van der Waals surface area contributed by atoms with Crippen LogP contribution in [-0.4, -0.2) is 17.2 Å². The fraction of sp³-hybridized carbons (Fsp3) is 0.417. The molecule has 0 radical (unpaired) electrons. The molecule has 0 aliphatic carbocycles. The maximum absolute atomic E-state index is 10.5. The highest BCUT2D eigenvalue weighted by molar-refractivity contribution is 5.67. The van der Waals surface area contributed by atoms with Crippen LogP contribution in [0.1, 0.15) is 25.3 Å². The highest BCUT2D eigenvalue weighted by Gasteiger charge is 2.11. The lowest BCUT2D eigenvalue weighted by molar-refractivity contribution is -0.140. The van der Waals surface area contributed by atoms with Crippen molar-refractivity contribution in [1.29, 1.82) is 0 Å². The van der Waals surface area contributed by atoms with Crippen molar-refractivity contribution in [3.63, 3.8) is 0 Å². The maximum Gasteiger partial charge on any atom is 0.305 e. The molecule has 0 fully saturated rings. The van der Waals surface area contributed by atoms with Crippen molar-refractivity contribution in [2.24, 2.45) is 0 Å². The number of carboxylic acid groups (broad SMARTS) is 1. The summed E-state index contributed by atoms with van der Waals surface area (Å²) in [5.74, 6) is -0.810. The van der Waals surface area contributed by atoms with E-state index in [9.17, 15) is 4.79 Å². The Balaban J connectivity index is 2.37. The molecule has 1 rings (SSSR count). The largest absolute Gasteiger partial charge is 0.481 e. The van der Waals surface area contributed by atoms with E-state index in [4.69, 9.17) is 9.84 Å². The van der Waals surface area contributed by atoms with Crippen molar-refractivity contribution >= 4 is 5.97 Å². The van der Waals surface area contributed by atoms with Gasteiger partial charge in [0.1, 0.15) is 0 Å². The maximum atomic E-state index is 10.5. The Bertz CT molecular complexity index is 295. The van der Waals surface area contributed by atoms with Gasteiger partial charge in [-0.05, 0) is 12.0 Å². The first-order chi connectivity index (χ1) is 7.22. The summed E-state index contributed by atoms with van der Waals surface area (Å²) in [6.07, 6.45) is 0.602. The van der Waals surface area contributed by atoms with Crippen LogP contribution in [0.25, 0.3) is 0 Å². The Labute approximate surface area is 89.7 Å². The molecule has 1 N–H and O–H groups in total. The fourth-order valence-corrected chi connectivity index (χ4v) is 1.30. The van der Waals surface area contributed by atoms with Crippen LogP contribution in [0, 0.1) is 0 Å². The van der Waals surface area contributed by atoms with Crippen LogP contribution in [0.2, 0.25) is 0 Å². The van der Waals surface area contributed by atoms with E-state index in [1.165, 1.54) is 0 Å². The number of rotatable bonds is 6. The molecule has 1 aromatic rings. The van der Waals surface area contributed by atoms with Gasteiger partial charge in [-0.25, -0.2) is 0 Å². The van der Waals surface area contributed by atoms with Gasteiger partial charge in [0.05, 0.1) is 19.1 Å². The van der Waals surface area contributed by atoms with Gasteiger partial charge < -0.3 is 9.84 Å². The van der Waals surface area contributed by atoms with Crippen molar-refractivity contribution in [2.75, 3.05) is 0 Å². The molecular weight excluding hydrogens is 192 g/mol. The minimum Gasteiger partial charge on any atom is -0.481 e. The summed E-state index contributed by atoms with van der Waals surface area (Å²) in [5, 5.41) is 8.63. The predicted molar refractivity (Wildman–Crippen MR) is 57.6 cm³/mol. The van der Waals surface area contributed by atoms with Gasteiger partial charge in [0.2, 0.25) is 0 Å². The van der Waals surface area contributed by atoms with Crippen LogP contribution in [-0.2, 0) is 16.1 Å². The smallest absolute Gasteiger partial charge is 0.305 e. The lowest BCUT2D eigenvalue weighted by Crippen LogP contribution is -2.16. The van der Waals surface area contributed by atoms with Crippen molar-refractivity contribution in [3.8, 4) is 0 Å². The second-order valence-electron chi connectivity index (χ2n) is 3.42. The SMILES string of the molecule is CC[C@@H](CC(=O)O)OCc1ccccc1. The van der Waals surface area contributed by atoms with Crippen LogP contribution < -0.4 is 0 Å². The zero-order valence-corrected chi connectivity index (χ0v) is 8.85. The second kappa shape index (κ2) is 6.19. The van der Waals surface area contributed by atoms with Gasteiger partial charge in [-0.3, -0.25) is 4.79 Å². The first kappa shape index (κ1) is 11.7. The van der Waals surface area contributed by atoms with Crippen LogP contribution in [0.15, 0.2) is 30.3 Å². The second-order valence-corrected chi connectivity index (χ2v) is 3.42. The molecule has 82 valence electrons. The highest BCUT2D eigenvalue weighted by atomic mass is 16.5. The van der Waals surface area contributed by atoms with E-state index >= 15 is 0 Å². The number of carboxylic acids is 1. The third kappa shape index (κ3) is 4.61. The van der Waals surface area contributed by atoms with Crippen molar-refractivity contribution in [1.82, 2.24) is 0 Å². The molecule has 0 saturated heterocycles. The van der Waals surface area contributed by atoms with E-state index in [2.05, 4.69) is 0 Å². The molecular formula is C12H16O3. The van der Waals surface area contributed by atoms with Gasteiger partial charge in [0, 0.05) is 0 Å². The molecule has 0 aliphatic heterocycles. The van der Waals surface area contributed by atoms with Crippen LogP contribution >= 0.6 is 0 Å². The topological polar surface area (TPSA) is 46.5 Å². The third-order valence-electron chi connectivity index (χ3n) is 2.19. The van der Waals surface area contributed by atoms with Crippen LogP contribution in [0.3, 0.4) is 0 Å². The quantitative estimate of drug-likeness (QED) is 0.781. The Morgan fingerprint density at radius 1 is 1.40 bits per heavy atom.